The molecule has 2 rings (SSSR count). The van der Waals surface area contributed by atoms with Crippen molar-refractivity contribution >= 4 is 17.2 Å². The van der Waals surface area contributed by atoms with Crippen LogP contribution in [0.15, 0.2) is 29.6 Å². The summed E-state index contributed by atoms with van der Waals surface area (Å²) < 4.78 is 0. The lowest BCUT2D eigenvalue weighted by molar-refractivity contribution is -0.121. The van der Waals surface area contributed by atoms with Crippen LogP contribution >= 0.6 is 11.3 Å². The molecule has 0 aliphatic heterocycles. The van der Waals surface area contributed by atoms with Crippen LogP contribution in [0.2, 0.25) is 0 Å². The Bertz CT molecular complexity index is 566. The number of phenols is 1. The lowest BCUT2D eigenvalue weighted by Crippen LogP contribution is -2.22. The molecule has 2 aromatic rings. The van der Waals surface area contributed by atoms with Gasteiger partial charge in [-0.05, 0) is 25.0 Å². The number of hydrogen-bond acceptors (Lipinski definition) is 4. The maximum Gasteiger partial charge on any atom is 0.220 e. The normalized spacial score (nSPS) is 10.4. The van der Waals surface area contributed by atoms with Crippen LogP contribution in [-0.4, -0.2) is 16.0 Å². The van der Waals surface area contributed by atoms with E-state index in [1.807, 2.05) is 24.4 Å². The Balaban J connectivity index is 1.77. The molecule has 0 aliphatic carbocycles. The van der Waals surface area contributed by atoms with E-state index in [4.69, 9.17) is 0 Å². The van der Waals surface area contributed by atoms with Crippen molar-refractivity contribution in [2.24, 2.45) is 0 Å². The molecule has 0 spiro atoms. The zero-order valence-electron chi connectivity index (χ0n) is 10.7. The molecule has 0 saturated heterocycles. The summed E-state index contributed by atoms with van der Waals surface area (Å²) in [6.45, 7) is 2.40. The first kappa shape index (κ1) is 13.5. The number of benzene rings is 1. The van der Waals surface area contributed by atoms with Crippen molar-refractivity contribution in [2.75, 3.05) is 0 Å². The fraction of sp³-hybridized carbons (Fsp3) is 0.286. The first-order valence-corrected chi connectivity index (χ1v) is 6.97. The van der Waals surface area contributed by atoms with E-state index in [9.17, 15) is 9.90 Å². The molecule has 1 aromatic heterocycles. The minimum atomic E-state index is -0.0314. The molecular weight excluding hydrogens is 260 g/mol. The van der Waals surface area contributed by atoms with Crippen LogP contribution in [0.25, 0.3) is 0 Å². The molecule has 0 saturated carbocycles. The van der Waals surface area contributed by atoms with Crippen molar-refractivity contribution in [2.45, 2.75) is 26.3 Å². The summed E-state index contributed by atoms with van der Waals surface area (Å²) in [7, 11) is 0. The fourth-order valence-corrected chi connectivity index (χ4v) is 2.43. The van der Waals surface area contributed by atoms with E-state index in [1.165, 1.54) is 0 Å². The molecule has 0 bridgehead atoms. The van der Waals surface area contributed by atoms with Crippen molar-refractivity contribution in [3.63, 3.8) is 0 Å². The lowest BCUT2D eigenvalue weighted by atomic mass is 10.1. The second kappa shape index (κ2) is 6.33. The third-order valence-electron chi connectivity index (χ3n) is 2.72. The zero-order chi connectivity index (χ0) is 13.7. The monoisotopic (exact) mass is 276 g/mol. The zero-order valence-corrected chi connectivity index (χ0v) is 11.5. The van der Waals surface area contributed by atoms with Crippen LogP contribution in [0.4, 0.5) is 0 Å². The standard InChI is InChI=1S/C14H16N2O2S/c1-10-9-19-14(16-10)8-15-13(18)7-6-11-4-2-3-5-12(11)17/h2-5,9,17H,6-8H2,1H3,(H,15,18). The highest BCUT2D eigenvalue weighted by atomic mass is 32.1. The van der Waals surface area contributed by atoms with E-state index >= 15 is 0 Å². The van der Waals surface area contributed by atoms with Crippen LogP contribution in [0.3, 0.4) is 0 Å². The number of aryl methyl sites for hydroxylation is 2. The Morgan fingerprint density at radius 1 is 1.42 bits per heavy atom. The Morgan fingerprint density at radius 2 is 2.21 bits per heavy atom. The van der Waals surface area contributed by atoms with Crippen LogP contribution in [0.5, 0.6) is 5.75 Å². The number of carbonyl (C=O) groups excluding carboxylic acids is 1. The molecule has 19 heavy (non-hydrogen) atoms. The van der Waals surface area contributed by atoms with Gasteiger partial charge >= 0.3 is 0 Å². The molecule has 0 fully saturated rings. The van der Waals surface area contributed by atoms with E-state index in [-0.39, 0.29) is 11.7 Å². The van der Waals surface area contributed by atoms with Gasteiger partial charge in [0, 0.05) is 17.5 Å². The number of nitrogens with zero attached hydrogens (tertiary/aromatic N) is 1. The summed E-state index contributed by atoms with van der Waals surface area (Å²) >= 11 is 1.54. The quantitative estimate of drug-likeness (QED) is 0.881. The number of para-hydroxylation sites is 1. The number of rotatable bonds is 5. The van der Waals surface area contributed by atoms with E-state index in [0.29, 0.717) is 19.4 Å². The van der Waals surface area contributed by atoms with Gasteiger partial charge in [-0.2, -0.15) is 0 Å². The molecule has 0 aliphatic rings. The second-order valence-corrected chi connectivity index (χ2v) is 5.23. The minimum absolute atomic E-state index is 0.0314. The van der Waals surface area contributed by atoms with E-state index in [0.717, 1.165) is 16.3 Å². The summed E-state index contributed by atoms with van der Waals surface area (Å²) in [5.74, 6) is 0.210. The molecule has 1 aromatic carbocycles. The molecule has 1 amide bonds. The van der Waals surface area contributed by atoms with Gasteiger partial charge in [-0.1, -0.05) is 18.2 Å². The number of thiazole rings is 1. The predicted molar refractivity (Wildman–Crippen MR) is 75.1 cm³/mol. The SMILES string of the molecule is Cc1csc(CNC(=O)CCc2ccccc2O)n1. The van der Waals surface area contributed by atoms with Gasteiger partial charge in [-0.15, -0.1) is 11.3 Å². The van der Waals surface area contributed by atoms with Gasteiger partial charge < -0.3 is 10.4 Å². The van der Waals surface area contributed by atoms with E-state index in [1.54, 1.807) is 23.5 Å². The molecular formula is C14H16N2O2S. The molecule has 0 atom stereocenters. The first-order chi connectivity index (χ1) is 9.15. The topological polar surface area (TPSA) is 62.2 Å². The average Bonchev–Trinajstić information content (AvgIpc) is 2.81. The van der Waals surface area contributed by atoms with Gasteiger partial charge in [0.1, 0.15) is 10.8 Å². The number of nitrogens with one attached hydrogen (secondary N) is 1. The first-order valence-electron chi connectivity index (χ1n) is 6.10. The van der Waals surface area contributed by atoms with Gasteiger partial charge in [0.15, 0.2) is 0 Å². The van der Waals surface area contributed by atoms with Gasteiger partial charge in [0.2, 0.25) is 5.91 Å². The Labute approximate surface area is 116 Å². The predicted octanol–water partition coefficient (Wildman–Crippen LogP) is 2.41. The number of phenolic OH excluding ortho intramolecular Hbond substituents is 1. The minimum Gasteiger partial charge on any atom is -0.508 e. The maximum absolute atomic E-state index is 11.7. The third-order valence-corrected chi connectivity index (χ3v) is 3.68. The molecule has 0 unspecified atom stereocenters. The smallest absolute Gasteiger partial charge is 0.220 e. The second-order valence-electron chi connectivity index (χ2n) is 4.29. The van der Waals surface area contributed by atoms with Crippen LogP contribution < -0.4 is 5.32 Å². The summed E-state index contributed by atoms with van der Waals surface area (Å²) in [6.07, 6.45) is 0.900. The summed E-state index contributed by atoms with van der Waals surface area (Å²) in [6, 6.07) is 7.08. The third kappa shape index (κ3) is 4.06. The Hall–Kier alpha value is -1.88. The molecule has 4 nitrogen and oxygen atoms in total. The van der Waals surface area contributed by atoms with Crippen LogP contribution in [-0.2, 0) is 17.8 Å². The number of aromatic nitrogens is 1. The fourth-order valence-electron chi connectivity index (χ4n) is 1.72. The average molecular weight is 276 g/mol. The Kier molecular flexibility index (Phi) is 4.52. The van der Waals surface area contributed by atoms with Crippen molar-refractivity contribution in [1.29, 1.82) is 0 Å². The number of carbonyl (C=O) groups is 1. The van der Waals surface area contributed by atoms with Gasteiger partial charge in [0.05, 0.1) is 6.54 Å². The summed E-state index contributed by atoms with van der Waals surface area (Å²) in [4.78, 5) is 16.0. The molecule has 2 N–H and O–H groups in total. The van der Waals surface area contributed by atoms with Crippen molar-refractivity contribution in [3.8, 4) is 5.75 Å². The summed E-state index contributed by atoms with van der Waals surface area (Å²) in [5, 5.41) is 15.3. The van der Waals surface area contributed by atoms with Crippen molar-refractivity contribution < 1.29 is 9.90 Å². The molecule has 5 heteroatoms. The highest BCUT2D eigenvalue weighted by molar-refractivity contribution is 7.09. The number of hydrogen-bond donors (Lipinski definition) is 2. The highest BCUT2D eigenvalue weighted by Gasteiger charge is 2.06. The van der Waals surface area contributed by atoms with Crippen molar-refractivity contribution in [1.82, 2.24) is 10.3 Å². The Morgan fingerprint density at radius 3 is 2.89 bits per heavy atom. The maximum atomic E-state index is 11.7. The molecule has 0 radical (unpaired) electrons. The largest absolute Gasteiger partial charge is 0.508 e. The molecule has 100 valence electrons. The van der Waals surface area contributed by atoms with Gasteiger partial charge in [-0.3, -0.25) is 4.79 Å². The summed E-state index contributed by atoms with van der Waals surface area (Å²) in [5.41, 5.74) is 1.77. The number of amides is 1. The van der Waals surface area contributed by atoms with E-state index in [2.05, 4.69) is 10.3 Å². The van der Waals surface area contributed by atoms with Crippen LogP contribution in [0, 0.1) is 6.92 Å². The van der Waals surface area contributed by atoms with Crippen molar-refractivity contribution in [3.05, 3.63) is 45.9 Å². The van der Waals surface area contributed by atoms with Crippen LogP contribution in [0.1, 0.15) is 22.7 Å². The highest BCUT2D eigenvalue weighted by Crippen LogP contribution is 2.17. The lowest BCUT2D eigenvalue weighted by Gasteiger charge is -2.05. The van der Waals surface area contributed by atoms with Gasteiger partial charge in [0.25, 0.3) is 0 Å². The molecule has 1 heterocycles. The number of aromatic hydroxyl groups is 1. The van der Waals surface area contributed by atoms with Gasteiger partial charge in [-0.25, -0.2) is 4.98 Å². The van der Waals surface area contributed by atoms with E-state index < -0.39 is 0 Å².